The summed E-state index contributed by atoms with van der Waals surface area (Å²) >= 11 is 0. The maximum atomic E-state index is 5.97. The highest BCUT2D eigenvalue weighted by Crippen LogP contribution is 2.24. The van der Waals surface area contributed by atoms with Gasteiger partial charge in [0.05, 0.1) is 0 Å². The van der Waals surface area contributed by atoms with E-state index in [-0.39, 0.29) is 6.04 Å². The summed E-state index contributed by atoms with van der Waals surface area (Å²) in [4.78, 5) is 6.89. The van der Waals surface area contributed by atoms with Crippen LogP contribution in [0, 0.1) is 0 Å². The molecule has 0 radical (unpaired) electrons. The average molecular weight is 267 g/mol. The van der Waals surface area contributed by atoms with Crippen molar-refractivity contribution in [3.05, 3.63) is 59.3 Å². The highest BCUT2D eigenvalue weighted by molar-refractivity contribution is 5.44. The Balaban J connectivity index is 1.89. The number of nitrogens with two attached hydrogens (primary N) is 1. The summed E-state index contributed by atoms with van der Waals surface area (Å²) in [5, 5.41) is 0. The zero-order chi connectivity index (χ0) is 13.9. The minimum absolute atomic E-state index is 0.0519. The number of anilines is 1. The molecule has 1 atom stereocenters. The third-order valence-corrected chi connectivity index (χ3v) is 3.97. The van der Waals surface area contributed by atoms with Crippen LogP contribution in [0.3, 0.4) is 0 Å². The Hall–Kier alpha value is -1.87. The van der Waals surface area contributed by atoms with Crippen LogP contribution in [0.4, 0.5) is 5.82 Å². The molecule has 0 amide bonds. The SMILES string of the molecule is C[C@@H](N)c1ccnc(N2CCCc3ccccc3C2)c1. The quantitative estimate of drug-likeness (QED) is 0.909. The number of pyridine rings is 1. The van der Waals surface area contributed by atoms with Gasteiger partial charge in [-0.2, -0.15) is 0 Å². The van der Waals surface area contributed by atoms with Gasteiger partial charge in [0.1, 0.15) is 5.82 Å². The van der Waals surface area contributed by atoms with Crippen molar-refractivity contribution in [1.82, 2.24) is 4.98 Å². The molecule has 0 fully saturated rings. The third-order valence-electron chi connectivity index (χ3n) is 3.97. The summed E-state index contributed by atoms with van der Waals surface area (Å²) in [7, 11) is 0. The van der Waals surface area contributed by atoms with Crippen molar-refractivity contribution in [1.29, 1.82) is 0 Å². The molecule has 20 heavy (non-hydrogen) atoms. The molecule has 1 aromatic carbocycles. The molecular formula is C17H21N3. The van der Waals surface area contributed by atoms with Crippen LogP contribution < -0.4 is 10.6 Å². The number of benzene rings is 1. The number of nitrogens with zero attached hydrogens (tertiary/aromatic N) is 2. The molecule has 0 aliphatic carbocycles. The Bertz CT molecular complexity index is 592. The second kappa shape index (κ2) is 5.63. The van der Waals surface area contributed by atoms with Gasteiger partial charge in [0.15, 0.2) is 0 Å². The Labute approximate surface area is 120 Å². The van der Waals surface area contributed by atoms with E-state index in [2.05, 4.69) is 40.2 Å². The van der Waals surface area contributed by atoms with Crippen LogP contribution >= 0.6 is 0 Å². The number of fused-ring (bicyclic) bond motifs is 1. The van der Waals surface area contributed by atoms with Gasteiger partial charge in [-0.15, -0.1) is 0 Å². The monoisotopic (exact) mass is 267 g/mol. The van der Waals surface area contributed by atoms with Crippen molar-refractivity contribution in [2.24, 2.45) is 5.73 Å². The Morgan fingerprint density at radius 3 is 2.80 bits per heavy atom. The summed E-state index contributed by atoms with van der Waals surface area (Å²) in [6.07, 6.45) is 4.19. The molecule has 2 heterocycles. The summed E-state index contributed by atoms with van der Waals surface area (Å²) in [6, 6.07) is 12.9. The molecule has 0 saturated carbocycles. The molecule has 1 aliphatic heterocycles. The number of aromatic nitrogens is 1. The third kappa shape index (κ3) is 2.68. The second-order valence-electron chi connectivity index (χ2n) is 5.53. The van der Waals surface area contributed by atoms with Gasteiger partial charge in [-0.1, -0.05) is 24.3 Å². The average Bonchev–Trinajstić information content (AvgIpc) is 2.69. The smallest absolute Gasteiger partial charge is 0.129 e. The van der Waals surface area contributed by atoms with Crippen molar-refractivity contribution in [3.8, 4) is 0 Å². The van der Waals surface area contributed by atoms with Gasteiger partial charge in [0.2, 0.25) is 0 Å². The highest BCUT2D eigenvalue weighted by atomic mass is 15.2. The first kappa shape index (κ1) is 13.1. The van der Waals surface area contributed by atoms with E-state index in [0.29, 0.717) is 0 Å². The largest absolute Gasteiger partial charge is 0.352 e. The van der Waals surface area contributed by atoms with E-state index >= 15 is 0 Å². The van der Waals surface area contributed by atoms with Crippen molar-refractivity contribution >= 4 is 5.82 Å². The number of aryl methyl sites for hydroxylation is 1. The van der Waals surface area contributed by atoms with Gasteiger partial charge in [-0.3, -0.25) is 0 Å². The first-order valence-electron chi connectivity index (χ1n) is 7.27. The van der Waals surface area contributed by atoms with E-state index in [1.165, 1.54) is 17.5 Å². The van der Waals surface area contributed by atoms with E-state index in [9.17, 15) is 0 Å². The van der Waals surface area contributed by atoms with Gasteiger partial charge in [0.25, 0.3) is 0 Å². The minimum atomic E-state index is 0.0519. The summed E-state index contributed by atoms with van der Waals surface area (Å²) in [5.41, 5.74) is 10.0. The topological polar surface area (TPSA) is 42.1 Å². The van der Waals surface area contributed by atoms with E-state index in [4.69, 9.17) is 5.73 Å². The fraction of sp³-hybridized carbons (Fsp3) is 0.353. The lowest BCUT2D eigenvalue weighted by Crippen LogP contribution is -2.24. The molecule has 3 rings (SSSR count). The predicted octanol–water partition coefficient (Wildman–Crippen LogP) is 3.05. The predicted molar refractivity (Wildman–Crippen MR) is 82.7 cm³/mol. The van der Waals surface area contributed by atoms with Crippen molar-refractivity contribution in [3.63, 3.8) is 0 Å². The fourth-order valence-corrected chi connectivity index (χ4v) is 2.79. The zero-order valence-electron chi connectivity index (χ0n) is 11.9. The number of rotatable bonds is 2. The van der Waals surface area contributed by atoms with Crippen LogP contribution in [0.2, 0.25) is 0 Å². The van der Waals surface area contributed by atoms with E-state index in [1.54, 1.807) is 0 Å². The summed E-state index contributed by atoms with van der Waals surface area (Å²) in [6.45, 7) is 3.99. The van der Waals surface area contributed by atoms with Gasteiger partial charge >= 0.3 is 0 Å². The molecule has 0 saturated heterocycles. The van der Waals surface area contributed by atoms with Crippen LogP contribution in [0.25, 0.3) is 0 Å². The van der Waals surface area contributed by atoms with Gasteiger partial charge in [-0.25, -0.2) is 4.98 Å². The van der Waals surface area contributed by atoms with Gasteiger partial charge in [-0.05, 0) is 48.6 Å². The molecule has 0 bridgehead atoms. The van der Waals surface area contributed by atoms with Crippen LogP contribution in [-0.4, -0.2) is 11.5 Å². The lowest BCUT2D eigenvalue weighted by atomic mass is 10.0. The molecule has 104 valence electrons. The molecule has 3 heteroatoms. The molecule has 2 aromatic rings. The minimum Gasteiger partial charge on any atom is -0.352 e. The maximum absolute atomic E-state index is 5.97. The Morgan fingerprint density at radius 2 is 2.00 bits per heavy atom. The normalized spacial score (nSPS) is 16.4. The van der Waals surface area contributed by atoms with Crippen LogP contribution in [0.15, 0.2) is 42.6 Å². The van der Waals surface area contributed by atoms with E-state index in [0.717, 1.165) is 30.9 Å². The first-order valence-corrected chi connectivity index (χ1v) is 7.27. The van der Waals surface area contributed by atoms with Crippen molar-refractivity contribution in [2.45, 2.75) is 32.4 Å². The first-order chi connectivity index (χ1) is 9.74. The summed E-state index contributed by atoms with van der Waals surface area (Å²) < 4.78 is 0. The Morgan fingerprint density at radius 1 is 1.20 bits per heavy atom. The second-order valence-corrected chi connectivity index (χ2v) is 5.53. The fourth-order valence-electron chi connectivity index (χ4n) is 2.79. The van der Waals surface area contributed by atoms with Crippen LogP contribution in [0.5, 0.6) is 0 Å². The van der Waals surface area contributed by atoms with Gasteiger partial charge in [0, 0.05) is 25.3 Å². The molecule has 2 N–H and O–H groups in total. The molecule has 1 aromatic heterocycles. The van der Waals surface area contributed by atoms with Crippen molar-refractivity contribution < 1.29 is 0 Å². The molecule has 0 spiro atoms. The standard InChI is InChI=1S/C17H21N3/c1-13(18)15-8-9-19-17(11-15)20-10-4-7-14-5-2-3-6-16(14)12-20/h2-3,5-6,8-9,11,13H,4,7,10,12,18H2,1H3/t13-/m1/s1. The van der Waals surface area contributed by atoms with Crippen LogP contribution in [-0.2, 0) is 13.0 Å². The number of hydrogen-bond acceptors (Lipinski definition) is 3. The van der Waals surface area contributed by atoms with Gasteiger partial charge < -0.3 is 10.6 Å². The zero-order valence-corrected chi connectivity index (χ0v) is 11.9. The molecule has 3 nitrogen and oxygen atoms in total. The lowest BCUT2D eigenvalue weighted by molar-refractivity contribution is 0.749. The molecule has 0 unspecified atom stereocenters. The molecule has 1 aliphatic rings. The highest BCUT2D eigenvalue weighted by Gasteiger charge is 2.15. The summed E-state index contributed by atoms with van der Waals surface area (Å²) in [5.74, 6) is 1.04. The van der Waals surface area contributed by atoms with Crippen LogP contribution in [0.1, 0.15) is 36.1 Å². The number of hydrogen-bond donors (Lipinski definition) is 1. The molecular weight excluding hydrogens is 246 g/mol. The maximum Gasteiger partial charge on any atom is 0.129 e. The van der Waals surface area contributed by atoms with Crippen molar-refractivity contribution in [2.75, 3.05) is 11.4 Å². The Kier molecular flexibility index (Phi) is 3.70. The van der Waals surface area contributed by atoms with E-state index < -0.39 is 0 Å². The lowest BCUT2D eigenvalue weighted by Gasteiger charge is -2.23. The van der Waals surface area contributed by atoms with E-state index in [1.807, 2.05) is 19.2 Å².